The molecule has 0 N–H and O–H groups in total. The van der Waals surface area contributed by atoms with Crippen LogP contribution >= 0.6 is 0 Å². The average molecular weight is 256 g/mol. The molecule has 1 amide bonds. The van der Waals surface area contributed by atoms with E-state index in [1.165, 1.54) is 6.08 Å². The molecule has 0 unspecified atom stereocenters. The maximum Gasteiger partial charge on any atom is 0.245 e. The summed E-state index contributed by atoms with van der Waals surface area (Å²) in [5.41, 5.74) is 1.74. The van der Waals surface area contributed by atoms with Gasteiger partial charge in [0, 0.05) is 19.0 Å². The van der Waals surface area contributed by atoms with E-state index in [1.807, 2.05) is 29.2 Å². The molecule has 4 heteroatoms. The Bertz CT molecular complexity index is 576. The maximum absolute atomic E-state index is 11.5. The van der Waals surface area contributed by atoms with Gasteiger partial charge in [-0.25, -0.2) is 4.98 Å². The number of amides is 1. The van der Waals surface area contributed by atoms with Crippen molar-refractivity contribution in [1.29, 1.82) is 0 Å². The molecule has 3 rings (SSSR count). The van der Waals surface area contributed by atoms with Gasteiger partial charge in [0.2, 0.25) is 5.91 Å². The van der Waals surface area contributed by atoms with Gasteiger partial charge in [-0.15, -0.1) is 0 Å². The predicted molar refractivity (Wildman–Crippen MR) is 72.8 cm³/mol. The number of para-hydroxylation sites is 2. The van der Waals surface area contributed by atoms with E-state index < -0.39 is 0 Å². The zero-order valence-electron chi connectivity index (χ0n) is 10.7. The van der Waals surface area contributed by atoms with E-state index in [-0.39, 0.29) is 5.91 Å². The van der Waals surface area contributed by atoms with Crippen LogP contribution < -0.4 is 0 Å². The molecular formula is C15H16N2O2. The quantitative estimate of drug-likeness (QED) is 0.776. The maximum atomic E-state index is 11.5. The van der Waals surface area contributed by atoms with Gasteiger partial charge in [-0.05, 0) is 31.1 Å². The molecule has 19 heavy (non-hydrogen) atoms. The second-order valence-corrected chi connectivity index (χ2v) is 4.82. The molecule has 0 aliphatic carbocycles. The van der Waals surface area contributed by atoms with Gasteiger partial charge in [0.05, 0.1) is 0 Å². The Morgan fingerprint density at radius 2 is 2.11 bits per heavy atom. The lowest BCUT2D eigenvalue weighted by atomic mass is 9.97. The molecule has 2 heterocycles. The summed E-state index contributed by atoms with van der Waals surface area (Å²) >= 11 is 0. The molecule has 1 fully saturated rings. The molecule has 1 aliphatic rings. The van der Waals surface area contributed by atoms with E-state index >= 15 is 0 Å². The van der Waals surface area contributed by atoms with Crippen LogP contribution in [0.25, 0.3) is 11.1 Å². The molecule has 0 bridgehead atoms. The second-order valence-electron chi connectivity index (χ2n) is 4.82. The Hall–Kier alpha value is -2.10. The van der Waals surface area contributed by atoms with Crippen LogP contribution in [-0.2, 0) is 4.79 Å². The number of carbonyl (C=O) groups is 1. The molecule has 1 aliphatic heterocycles. The van der Waals surface area contributed by atoms with E-state index in [2.05, 4.69) is 11.6 Å². The molecule has 1 aromatic carbocycles. The third-order valence-corrected chi connectivity index (χ3v) is 3.64. The summed E-state index contributed by atoms with van der Waals surface area (Å²) in [6, 6.07) is 7.80. The Labute approximate surface area is 111 Å². The monoisotopic (exact) mass is 256 g/mol. The van der Waals surface area contributed by atoms with E-state index in [0.717, 1.165) is 42.9 Å². The minimum Gasteiger partial charge on any atom is -0.440 e. The van der Waals surface area contributed by atoms with Gasteiger partial charge >= 0.3 is 0 Å². The summed E-state index contributed by atoms with van der Waals surface area (Å²) in [7, 11) is 0. The van der Waals surface area contributed by atoms with Crippen LogP contribution in [0.2, 0.25) is 0 Å². The number of hydrogen-bond donors (Lipinski definition) is 0. The number of aromatic nitrogens is 1. The molecule has 98 valence electrons. The van der Waals surface area contributed by atoms with Crippen LogP contribution in [-0.4, -0.2) is 28.9 Å². The summed E-state index contributed by atoms with van der Waals surface area (Å²) in [5.74, 6) is 1.11. The Balaban J connectivity index is 1.74. The summed E-state index contributed by atoms with van der Waals surface area (Å²) < 4.78 is 5.79. The van der Waals surface area contributed by atoms with E-state index in [9.17, 15) is 4.79 Å². The zero-order valence-corrected chi connectivity index (χ0v) is 10.7. The van der Waals surface area contributed by atoms with Crippen LogP contribution in [0.1, 0.15) is 24.7 Å². The number of likely N-dealkylation sites (tertiary alicyclic amines) is 1. The first-order valence-corrected chi connectivity index (χ1v) is 6.55. The fourth-order valence-corrected chi connectivity index (χ4v) is 2.54. The number of rotatable bonds is 2. The minimum absolute atomic E-state index is 0.0102. The van der Waals surface area contributed by atoms with Crippen molar-refractivity contribution in [1.82, 2.24) is 9.88 Å². The smallest absolute Gasteiger partial charge is 0.245 e. The number of carbonyl (C=O) groups excluding carboxylic acids is 1. The van der Waals surface area contributed by atoms with Crippen molar-refractivity contribution in [2.24, 2.45) is 0 Å². The second kappa shape index (κ2) is 4.88. The van der Waals surface area contributed by atoms with E-state index in [1.54, 1.807) is 0 Å². The van der Waals surface area contributed by atoms with Gasteiger partial charge in [-0.3, -0.25) is 4.79 Å². The molecule has 1 aromatic heterocycles. The Morgan fingerprint density at radius 1 is 1.37 bits per heavy atom. The summed E-state index contributed by atoms with van der Waals surface area (Å²) in [6.45, 7) is 5.01. The molecule has 0 spiro atoms. The number of nitrogens with zero attached hydrogens (tertiary/aromatic N) is 2. The topological polar surface area (TPSA) is 46.3 Å². The van der Waals surface area contributed by atoms with Gasteiger partial charge in [0.15, 0.2) is 11.5 Å². The summed E-state index contributed by atoms with van der Waals surface area (Å²) in [4.78, 5) is 17.9. The van der Waals surface area contributed by atoms with Gasteiger partial charge in [0.25, 0.3) is 0 Å². The SMILES string of the molecule is C=CC(=O)N1CCC(c2nc3ccccc3o2)CC1. The van der Waals surface area contributed by atoms with E-state index in [0.29, 0.717) is 5.92 Å². The molecule has 0 radical (unpaired) electrons. The van der Waals surface area contributed by atoms with Gasteiger partial charge < -0.3 is 9.32 Å². The van der Waals surface area contributed by atoms with Crippen LogP contribution in [0, 0.1) is 0 Å². The first-order chi connectivity index (χ1) is 9.28. The highest BCUT2D eigenvalue weighted by Crippen LogP contribution is 2.29. The van der Waals surface area contributed by atoms with Crippen molar-refractivity contribution < 1.29 is 9.21 Å². The fourth-order valence-electron chi connectivity index (χ4n) is 2.54. The highest BCUT2D eigenvalue weighted by Gasteiger charge is 2.25. The number of benzene rings is 1. The van der Waals surface area contributed by atoms with Gasteiger partial charge in [0.1, 0.15) is 5.52 Å². The van der Waals surface area contributed by atoms with Crippen molar-refractivity contribution in [2.45, 2.75) is 18.8 Å². The molecule has 0 saturated carbocycles. The van der Waals surface area contributed by atoms with Gasteiger partial charge in [-0.1, -0.05) is 18.7 Å². The number of hydrogen-bond acceptors (Lipinski definition) is 3. The van der Waals surface area contributed by atoms with Crippen molar-refractivity contribution in [3.05, 3.63) is 42.8 Å². The average Bonchev–Trinajstić information content (AvgIpc) is 2.90. The first-order valence-electron chi connectivity index (χ1n) is 6.55. The molecule has 0 atom stereocenters. The van der Waals surface area contributed by atoms with Crippen LogP contribution in [0.3, 0.4) is 0 Å². The largest absolute Gasteiger partial charge is 0.440 e. The lowest BCUT2D eigenvalue weighted by Crippen LogP contribution is -2.36. The highest BCUT2D eigenvalue weighted by molar-refractivity contribution is 5.87. The van der Waals surface area contributed by atoms with Crippen molar-refractivity contribution >= 4 is 17.0 Å². The number of piperidine rings is 1. The van der Waals surface area contributed by atoms with Crippen molar-refractivity contribution in [2.75, 3.05) is 13.1 Å². The lowest BCUT2D eigenvalue weighted by molar-refractivity contribution is -0.127. The lowest BCUT2D eigenvalue weighted by Gasteiger charge is -2.29. The van der Waals surface area contributed by atoms with Crippen LogP contribution in [0.5, 0.6) is 0 Å². The molecular weight excluding hydrogens is 240 g/mol. The Morgan fingerprint density at radius 3 is 2.79 bits per heavy atom. The van der Waals surface area contributed by atoms with Gasteiger partial charge in [-0.2, -0.15) is 0 Å². The highest BCUT2D eigenvalue weighted by atomic mass is 16.3. The van der Waals surface area contributed by atoms with Crippen LogP contribution in [0.4, 0.5) is 0 Å². The Kier molecular flexibility index (Phi) is 3.07. The fraction of sp³-hybridized carbons (Fsp3) is 0.333. The van der Waals surface area contributed by atoms with Crippen molar-refractivity contribution in [3.8, 4) is 0 Å². The zero-order chi connectivity index (χ0) is 13.2. The third kappa shape index (κ3) is 2.26. The van der Waals surface area contributed by atoms with Crippen molar-refractivity contribution in [3.63, 3.8) is 0 Å². The minimum atomic E-state index is 0.0102. The number of oxazole rings is 1. The standard InChI is InChI=1S/C15H16N2O2/c1-2-14(18)17-9-7-11(8-10-17)15-16-12-5-3-4-6-13(12)19-15/h2-6,11H,1,7-10H2. The van der Waals surface area contributed by atoms with Crippen LogP contribution in [0.15, 0.2) is 41.3 Å². The third-order valence-electron chi connectivity index (χ3n) is 3.64. The molecule has 4 nitrogen and oxygen atoms in total. The molecule has 1 saturated heterocycles. The summed E-state index contributed by atoms with van der Waals surface area (Å²) in [6.07, 6.45) is 3.17. The first kappa shape index (κ1) is 12.0. The normalized spacial score (nSPS) is 16.7. The van der Waals surface area contributed by atoms with E-state index in [4.69, 9.17) is 4.42 Å². The number of fused-ring (bicyclic) bond motifs is 1. The predicted octanol–water partition coefficient (Wildman–Crippen LogP) is 2.72. The summed E-state index contributed by atoms with van der Waals surface area (Å²) in [5, 5.41) is 0. The molecule has 2 aromatic rings.